The normalized spacial score (nSPS) is 20.8. The Hall–Kier alpha value is -2.46. The fourth-order valence-electron chi connectivity index (χ4n) is 3.71. The van der Waals surface area contributed by atoms with E-state index in [1.54, 1.807) is 0 Å². The number of aromatic amines is 1. The number of piperazine rings is 1. The predicted octanol–water partition coefficient (Wildman–Crippen LogP) is 2.12. The van der Waals surface area contributed by atoms with Gasteiger partial charge in [-0.2, -0.15) is 5.26 Å². The molecule has 140 valence electrons. The Bertz CT molecular complexity index is 726. The molecule has 7 nitrogen and oxygen atoms in total. The molecule has 7 heteroatoms. The molecule has 3 rings (SSSR count). The van der Waals surface area contributed by atoms with Gasteiger partial charge in [-0.3, -0.25) is 10.3 Å². The fourth-order valence-corrected chi connectivity index (χ4v) is 3.71. The summed E-state index contributed by atoms with van der Waals surface area (Å²) in [4.78, 5) is 10.0. The molecular weight excluding hydrogens is 326 g/mol. The van der Waals surface area contributed by atoms with Crippen LogP contribution >= 0.6 is 0 Å². The average molecular weight is 355 g/mol. The van der Waals surface area contributed by atoms with E-state index in [1.807, 2.05) is 11.0 Å². The van der Waals surface area contributed by atoms with Gasteiger partial charge < -0.3 is 20.5 Å². The quantitative estimate of drug-likeness (QED) is 0.570. The third-order valence-electron chi connectivity index (χ3n) is 5.06. The van der Waals surface area contributed by atoms with E-state index in [2.05, 4.69) is 53.9 Å². The highest BCUT2D eigenvalue weighted by atomic mass is 15.4. The van der Waals surface area contributed by atoms with Crippen LogP contribution in [0.2, 0.25) is 0 Å². The minimum atomic E-state index is 0.160. The number of nitrogens with two attached hydrogens (primary N) is 1. The summed E-state index contributed by atoms with van der Waals surface area (Å²) >= 11 is 0. The number of aromatic nitrogens is 1. The largest absolute Gasteiger partial charge is 0.370 e. The summed E-state index contributed by atoms with van der Waals surface area (Å²) in [5.41, 5.74) is 8.65. The van der Waals surface area contributed by atoms with E-state index in [1.165, 1.54) is 0 Å². The van der Waals surface area contributed by atoms with Crippen LogP contribution in [0.25, 0.3) is 6.08 Å². The highest BCUT2D eigenvalue weighted by Gasteiger charge is 2.31. The molecule has 0 amide bonds. The zero-order chi connectivity index (χ0) is 18.9. The molecule has 1 saturated heterocycles. The SMILES string of the molecule is CC(C)(C)CC1c2[nH]c(C#N)cc2C=CN1CN1CCN(C(=N)N)CC1. The molecule has 0 aliphatic carbocycles. The van der Waals surface area contributed by atoms with Crippen molar-refractivity contribution in [1.82, 2.24) is 19.7 Å². The van der Waals surface area contributed by atoms with Crippen LogP contribution in [0, 0.1) is 22.2 Å². The maximum atomic E-state index is 9.24. The van der Waals surface area contributed by atoms with Crippen LogP contribution in [0.1, 0.15) is 50.2 Å². The Balaban J connectivity index is 1.75. The van der Waals surface area contributed by atoms with E-state index in [-0.39, 0.29) is 17.4 Å². The fraction of sp³-hybridized carbons (Fsp3) is 0.579. The number of H-pyrrole nitrogens is 1. The molecule has 1 aromatic heterocycles. The monoisotopic (exact) mass is 355 g/mol. The van der Waals surface area contributed by atoms with Crippen molar-refractivity contribution in [2.75, 3.05) is 32.8 Å². The van der Waals surface area contributed by atoms with E-state index in [0.29, 0.717) is 5.69 Å². The molecule has 0 bridgehead atoms. The van der Waals surface area contributed by atoms with Gasteiger partial charge in [-0.1, -0.05) is 20.8 Å². The Morgan fingerprint density at radius 2 is 2.04 bits per heavy atom. The third kappa shape index (κ3) is 4.02. The summed E-state index contributed by atoms with van der Waals surface area (Å²) in [7, 11) is 0. The second kappa shape index (κ2) is 7.04. The molecule has 3 heterocycles. The lowest BCUT2D eigenvalue weighted by atomic mass is 9.85. The van der Waals surface area contributed by atoms with Gasteiger partial charge in [0.1, 0.15) is 11.8 Å². The minimum absolute atomic E-state index is 0.160. The van der Waals surface area contributed by atoms with Gasteiger partial charge in [0.25, 0.3) is 0 Å². The molecule has 1 aromatic rings. The maximum absolute atomic E-state index is 9.24. The lowest BCUT2D eigenvalue weighted by molar-refractivity contribution is 0.0833. The molecule has 26 heavy (non-hydrogen) atoms. The standard InChI is InChI=1S/C19H29N7/c1-19(2,3)11-16-17-14(10-15(12-20)23-17)4-5-26(16)13-24-6-8-25(9-7-24)18(21)22/h4-5,10,16,23H,6-9,11,13H2,1-3H3,(H3,21,22). The minimum Gasteiger partial charge on any atom is -0.370 e. The first-order chi connectivity index (χ1) is 12.3. The molecule has 0 radical (unpaired) electrons. The molecule has 1 unspecified atom stereocenters. The molecule has 0 saturated carbocycles. The van der Waals surface area contributed by atoms with Crippen LogP contribution in [-0.2, 0) is 0 Å². The number of guanidine groups is 1. The first kappa shape index (κ1) is 18.3. The summed E-state index contributed by atoms with van der Waals surface area (Å²) in [6, 6.07) is 4.38. The number of nitrogens with zero attached hydrogens (tertiary/aromatic N) is 4. The highest BCUT2D eigenvalue weighted by Crippen LogP contribution is 2.38. The van der Waals surface area contributed by atoms with Crippen molar-refractivity contribution < 1.29 is 0 Å². The number of rotatable bonds is 3. The lowest BCUT2D eigenvalue weighted by Crippen LogP contribution is -2.53. The van der Waals surface area contributed by atoms with Gasteiger partial charge in [-0.05, 0) is 24.0 Å². The van der Waals surface area contributed by atoms with Crippen LogP contribution in [0.15, 0.2) is 12.3 Å². The molecule has 2 aliphatic heterocycles. The maximum Gasteiger partial charge on any atom is 0.188 e. The van der Waals surface area contributed by atoms with E-state index in [0.717, 1.165) is 50.5 Å². The van der Waals surface area contributed by atoms with E-state index < -0.39 is 0 Å². The Labute approximate surface area is 155 Å². The number of nitrogens with one attached hydrogen (secondary N) is 2. The van der Waals surface area contributed by atoms with Gasteiger partial charge in [-0.15, -0.1) is 0 Å². The van der Waals surface area contributed by atoms with Gasteiger partial charge in [0.05, 0.1) is 12.7 Å². The number of nitriles is 1. The van der Waals surface area contributed by atoms with E-state index >= 15 is 0 Å². The van der Waals surface area contributed by atoms with Crippen molar-refractivity contribution in [3.63, 3.8) is 0 Å². The first-order valence-corrected chi connectivity index (χ1v) is 9.15. The average Bonchev–Trinajstić information content (AvgIpc) is 3.00. The zero-order valence-corrected chi connectivity index (χ0v) is 15.9. The zero-order valence-electron chi connectivity index (χ0n) is 15.9. The van der Waals surface area contributed by atoms with Crippen molar-refractivity contribution in [1.29, 1.82) is 10.7 Å². The molecule has 2 aliphatic rings. The second-order valence-corrected chi connectivity index (χ2v) is 8.41. The number of hydrogen-bond donors (Lipinski definition) is 3. The summed E-state index contributed by atoms with van der Waals surface area (Å²) < 4.78 is 0. The van der Waals surface area contributed by atoms with E-state index in [9.17, 15) is 5.26 Å². The van der Waals surface area contributed by atoms with Crippen LogP contribution < -0.4 is 5.73 Å². The Kier molecular flexibility index (Phi) is 4.97. The summed E-state index contributed by atoms with van der Waals surface area (Å²) in [5.74, 6) is 0.160. The Morgan fingerprint density at radius 1 is 1.35 bits per heavy atom. The van der Waals surface area contributed by atoms with Gasteiger partial charge in [-0.25, -0.2) is 0 Å². The third-order valence-corrected chi connectivity index (χ3v) is 5.06. The lowest BCUT2D eigenvalue weighted by Gasteiger charge is -2.42. The van der Waals surface area contributed by atoms with Crippen molar-refractivity contribution >= 4 is 12.0 Å². The highest BCUT2D eigenvalue weighted by molar-refractivity contribution is 5.74. The topological polar surface area (TPSA) is 99.2 Å². The number of hydrogen-bond acceptors (Lipinski definition) is 4. The van der Waals surface area contributed by atoms with Crippen LogP contribution in [0.5, 0.6) is 0 Å². The van der Waals surface area contributed by atoms with Crippen molar-refractivity contribution in [2.45, 2.75) is 33.2 Å². The van der Waals surface area contributed by atoms with Crippen molar-refractivity contribution in [3.05, 3.63) is 29.2 Å². The van der Waals surface area contributed by atoms with Crippen LogP contribution in [0.3, 0.4) is 0 Å². The van der Waals surface area contributed by atoms with Crippen LogP contribution in [0.4, 0.5) is 0 Å². The van der Waals surface area contributed by atoms with Gasteiger partial charge in [0.15, 0.2) is 5.96 Å². The molecule has 4 N–H and O–H groups in total. The van der Waals surface area contributed by atoms with E-state index in [4.69, 9.17) is 11.1 Å². The molecule has 0 spiro atoms. The molecule has 0 aromatic carbocycles. The summed E-state index contributed by atoms with van der Waals surface area (Å²) in [6.45, 7) is 11.0. The molecule has 1 fully saturated rings. The van der Waals surface area contributed by atoms with Crippen LogP contribution in [-0.4, -0.2) is 58.5 Å². The van der Waals surface area contributed by atoms with Gasteiger partial charge in [0.2, 0.25) is 0 Å². The number of fused-ring (bicyclic) bond motifs is 1. The molecular formula is C19H29N7. The Morgan fingerprint density at radius 3 is 2.62 bits per heavy atom. The van der Waals surface area contributed by atoms with Crippen molar-refractivity contribution in [3.8, 4) is 6.07 Å². The summed E-state index contributed by atoms with van der Waals surface area (Å²) in [6.07, 6.45) is 5.26. The molecule has 1 atom stereocenters. The first-order valence-electron chi connectivity index (χ1n) is 9.15. The predicted molar refractivity (Wildman–Crippen MR) is 103 cm³/mol. The van der Waals surface area contributed by atoms with Gasteiger partial charge in [0, 0.05) is 43.6 Å². The smallest absolute Gasteiger partial charge is 0.188 e. The van der Waals surface area contributed by atoms with Crippen molar-refractivity contribution in [2.24, 2.45) is 11.1 Å². The summed E-state index contributed by atoms with van der Waals surface area (Å²) in [5, 5.41) is 16.8. The van der Waals surface area contributed by atoms with Gasteiger partial charge >= 0.3 is 0 Å². The second-order valence-electron chi connectivity index (χ2n) is 8.41.